The molecule has 1 aromatic carbocycles. The van der Waals surface area contributed by atoms with Crippen LogP contribution in [0.1, 0.15) is 37.0 Å². The van der Waals surface area contributed by atoms with E-state index in [0.29, 0.717) is 6.10 Å². The molecule has 0 radical (unpaired) electrons. The smallest absolute Gasteiger partial charge is 0.0726 e. The third-order valence-corrected chi connectivity index (χ3v) is 4.15. The summed E-state index contributed by atoms with van der Waals surface area (Å²) in [5.41, 5.74) is 4.20. The average Bonchev–Trinajstić information content (AvgIpc) is 2.62. The lowest BCUT2D eigenvalue weighted by atomic mass is 9.94. The third-order valence-electron chi connectivity index (χ3n) is 4.15. The van der Waals surface area contributed by atoms with Crippen LogP contribution >= 0.6 is 0 Å². The molecule has 2 unspecified atom stereocenters. The van der Waals surface area contributed by atoms with Gasteiger partial charge in [-0.05, 0) is 50.8 Å². The number of aryl methyl sites for hydroxylation is 2. The summed E-state index contributed by atoms with van der Waals surface area (Å²) in [6.45, 7) is 10.5. The molecule has 0 saturated carbocycles. The Morgan fingerprint density at radius 1 is 1.35 bits per heavy atom. The summed E-state index contributed by atoms with van der Waals surface area (Å²) in [6.07, 6.45) is 1.40. The zero-order valence-corrected chi connectivity index (χ0v) is 11.3. The first kappa shape index (κ1) is 12.6. The molecule has 1 aliphatic rings. The van der Waals surface area contributed by atoms with Crippen LogP contribution in [0.2, 0.25) is 0 Å². The highest BCUT2D eigenvalue weighted by molar-refractivity contribution is 5.29. The second kappa shape index (κ2) is 4.79. The number of hydrogen-bond donors (Lipinski definition) is 1. The van der Waals surface area contributed by atoms with Crippen LogP contribution in [0.15, 0.2) is 18.2 Å². The minimum Gasteiger partial charge on any atom is -0.377 e. The zero-order valence-electron chi connectivity index (χ0n) is 11.3. The van der Waals surface area contributed by atoms with Crippen LogP contribution in [0.3, 0.4) is 0 Å². The molecule has 2 rings (SSSR count). The van der Waals surface area contributed by atoms with Gasteiger partial charge < -0.3 is 10.1 Å². The number of hydrogen-bond acceptors (Lipinski definition) is 2. The van der Waals surface area contributed by atoms with E-state index < -0.39 is 0 Å². The van der Waals surface area contributed by atoms with Gasteiger partial charge in [0.25, 0.3) is 0 Å². The summed E-state index contributed by atoms with van der Waals surface area (Å²) in [5.74, 6) is 0. The van der Waals surface area contributed by atoms with Crippen molar-refractivity contribution in [2.45, 2.75) is 52.3 Å². The highest BCUT2D eigenvalue weighted by Gasteiger charge is 2.36. The molecule has 1 fully saturated rings. The summed E-state index contributed by atoms with van der Waals surface area (Å²) in [4.78, 5) is 0. The summed E-state index contributed by atoms with van der Waals surface area (Å²) < 4.78 is 5.64. The Hall–Kier alpha value is -0.860. The first-order chi connectivity index (χ1) is 8.01. The van der Waals surface area contributed by atoms with Crippen molar-refractivity contribution in [2.75, 3.05) is 6.61 Å². The van der Waals surface area contributed by atoms with E-state index >= 15 is 0 Å². The van der Waals surface area contributed by atoms with E-state index in [1.165, 1.54) is 16.7 Å². The van der Waals surface area contributed by atoms with Gasteiger partial charge >= 0.3 is 0 Å². The van der Waals surface area contributed by atoms with Crippen molar-refractivity contribution >= 4 is 0 Å². The zero-order chi connectivity index (χ0) is 12.5. The Bertz CT molecular complexity index is 402. The van der Waals surface area contributed by atoms with Crippen LogP contribution in [0.5, 0.6) is 0 Å². The maximum atomic E-state index is 5.64. The normalized spacial score (nSPS) is 28.6. The van der Waals surface area contributed by atoms with Crippen LogP contribution < -0.4 is 5.32 Å². The van der Waals surface area contributed by atoms with E-state index in [9.17, 15) is 0 Å². The molecule has 2 nitrogen and oxygen atoms in total. The molecule has 94 valence electrons. The molecular formula is C15H23NO. The molecule has 1 aliphatic heterocycles. The number of ether oxygens (including phenoxy) is 1. The lowest BCUT2D eigenvalue weighted by Gasteiger charge is -2.29. The average molecular weight is 233 g/mol. The van der Waals surface area contributed by atoms with Crippen LogP contribution in [0, 0.1) is 13.8 Å². The van der Waals surface area contributed by atoms with Crippen molar-refractivity contribution < 1.29 is 4.74 Å². The van der Waals surface area contributed by atoms with Gasteiger partial charge in [-0.25, -0.2) is 0 Å². The van der Waals surface area contributed by atoms with Gasteiger partial charge in [0.05, 0.1) is 6.10 Å². The minimum atomic E-state index is 0.124. The Kier molecular flexibility index (Phi) is 3.55. The molecule has 1 saturated heterocycles. The predicted octanol–water partition coefficient (Wildman–Crippen LogP) is 2.96. The van der Waals surface area contributed by atoms with E-state index in [-0.39, 0.29) is 5.54 Å². The van der Waals surface area contributed by atoms with E-state index in [1.54, 1.807) is 0 Å². The SMILES string of the molecule is Cc1ccc(CNC2(C)CCOC2C)cc1C. The van der Waals surface area contributed by atoms with Crippen LogP contribution in [0.4, 0.5) is 0 Å². The largest absolute Gasteiger partial charge is 0.377 e. The molecule has 1 heterocycles. The van der Waals surface area contributed by atoms with Crippen molar-refractivity contribution in [1.82, 2.24) is 5.32 Å². The summed E-state index contributed by atoms with van der Waals surface area (Å²) >= 11 is 0. The highest BCUT2D eigenvalue weighted by atomic mass is 16.5. The molecular weight excluding hydrogens is 210 g/mol. The second-order valence-corrected chi connectivity index (χ2v) is 5.45. The van der Waals surface area contributed by atoms with E-state index in [1.807, 2.05) is 0 Å². The Labute approximate surface area is 104 Å². The molecule has 0 spiro atoms. The maximum absolute atomic E-state index is 5.64. The van der Waals surface area contributed by atoms with Gasteiger partial charge in [-0.2, -0.15) is 0 Å². The molecule has 1 aromatic rings. The standard InChI is InChI=1S/C15H23NO/c1-11-5-6-14(9-12(11)2)10-16-15(4)7-8-17-13(15)3/h5-6,9,13,16H,7-8,10H2,1-4H3. The van der Waals surface area contributed by atoms with Crippen LogP contribution in [-0.2, 0) is 11.3 Å². The van der Waals surface area contributed by atoms with Gasteiger partial charge in [0.1, 0.15) is 0 Å². The van der Waals surface area contributed by atoms with E-state index in [4.69, 9.17) is 4.74 Å². The lowest BCUT2D eigenvalue weighted by molar-refractivity contribution is 0.0881. The van der Waals surface area contributed by atoms with E-state index in [2.05, 4.69) is 51.2 Å². The van der Waals surface area contributed by atoms with Gasteiger partial charge in [-0.3, -0.25) is 0 Å². The molecule has 0 amide bonds. The van der Waals surface area contributed by atoms with Crippen molar-refractivity contribution in [3.8, 4) is 0 Å². The predicted molar refractivity (Wildman–Crippen MR) is 71.2 cm³/mol. The maximum Gasteiger partial charge on any atom is 0.0726 e. The molecule has 0 aromatic heterocycles. The van der Waals surface area contributed by atoms with Gasteiger partial charge in [-0.15, -0.1) is 0 Å². The number of benzene rings is 1. The Morgan fingerprint density at radius 2 is 2.12 bits per heavy atom. The van der Waals surface area contributed by atoms with Gasteiger partial charge in [0.2, 0.25) is 0 Å². The minimum absolute atomic E-state index is 0.124. The van der Waals surface area contributed by atoms with Crippen LogP contribution in [-0.4, -0.2) is 18.2 Å². The summed E-state index contributed by atoms with van der Waals surface area (Å²) in [7, 11) is 0. The highest BCUT2D eigenvalue weighted by Crippen LogP contribution is 2.25. The lowest BCUT2D eigenvalue weighted by Crippen LogP contribution is -2.47. The first-order valence-corrected chi connectivity index (χ1v) is 6.44. The fourth-order valence-electron chi connectivity index (χ4n) is 2.28. The summed E-state index contributed by atoms with van der Waals surface area (Å²) in [6, 6.07) is 6.68. The van der Waals surface area contributed by atoms with Crippen molar-refractivity contribution in [2.24, 2.45) is 0 Å². The monoisotopic (exact) mass is 233 g/mol. The first-order valence-electron chi connectivity index (χ1n) is 6.44. The second-order valence-electron chi connectivity index (χ2n) is 5.45. The Morgan fingerprint density at radius 3 is 2.71 bits per heavy atom. The van der Waals surface area contributed by atoms with Gasteiger partial charge in [0.15, 0.2) is 0 Å². The van der Waals surface area contributed by atoms with Gasteiger partial charge in [-0.1, -0.05) is 18.2 Å². The quantitative estimate of drug-likeness (QED) is 0.866. The molecule has 17 heavy (non-hydrogen) atoms. The fourth-order valence-corrected chi connectivity index (χ4v) is 2.28. The van der Waals surface area contributed by atoms with Crippen LogP contribution in [0.25, 0.3) is 0 Å². The molecule has 0 aliphatic carbocycles. The topological polar surface area (TPSA) is 21.3 Å². The van der Waals surface area contributed by atoms with Crippen molar-refractivity contribution in [1.29, 1.82) is 0 Å². The molecule has 2 heteroatoms. The van der Waals surface area contributed by atoms with Crippen molar-refractivity contribution in [3.05, 3.63) is 34.9 Å². The van der Waals surface area contributed by atoms with Gasteiger partial charge in [0, 0.05) is 18.7 Å². The Balaban J connectivity index is 2.00. The third kappa shape index (κ3) is 2.70. The van der Waals surface area contributed by atoms with E-state index in [0.717, 1.165) is 19.6 Å². The van der Waals surface area contributed by atoms with Crippen molar-refractivity contribution in [3.63, 3.8) is 0 Å². The molecule has 2 atom stereocenters. The number of rotatable bonds is 3. The summed E-state index contributed by atoms with van der Waals surface area (Å²) in [5, 5.41) is 3.65. The molecule has 1 N–H and O–H groups in total. The fraction of sp³-hybridized carbons (Fsp3) is 0.600. The number of nitrogens with one attached hydrogen (secondary N) is 1. The molecule has 0 bridgehead atoms.